The highest BCUT2D eigenvalue weighted by Gasteiger charge is 2.21. The average Bonchev–Trinajstić information content (AvgIpc) is 3.42. The second kappa shape index (κ2) is 8.79. The third-order valence-electron chi connectivity index (χ3n) is 5.09. The van der Waals surface area contributed by atoms with Gasteiger partial charge in [0.15, 0.2) is 5.16 Å². The molecule has 2 heterocycles. The van der Waals surface area contributed by atoms with Crippen LogP contribution in [0, 0.1) is 10.1 Å². The summed E-state index contributed by atoms with van der Waals surface area (Å²) in [5, 5.41) is 22.8. The molecule has 0 aliphatic carbocycles. The molecular weight excluding hydrogens is 454 g/mol. The number of carbonyl (C=O) groups is 1. The van der Waals surface area contributed by atoms with Gasteiger partial charge in [-0.1, -0.05) is 30.3 Å². The molecular formula is C23H17N7O3S. The van der Waals surface area contributed by atoms with Crippen LogP contribution in [-0.4, -0.2) is 35.1 Å². The summed E-state index contributed by atoms with van der Waals surface area (Å²) < 4.78 is 3.49. The van der Waals surface area contributed by atoms with Gasteiger partial charge in [0.05, 0.1) is 20.9 Å². The van der Waals surface area contributed by atoms with Crippen LogP contribution in [-0.2, 0) is 7.05 Å². The minimum absolute atomic E-state index is 0.140. The van der Waals surface area contributed by atoms with E-state index in [0.717, 1.165) is 23.0 Å². The molecule has 11 heteroatoms. The molecule has 0 saturated carbocycles. The number of nitro groups is 1. The highest BCUT2D eigenvalue weighted by atomic mass is 32.2. The summed E-state index contributed by atoms with van der Waals surface area (Å²) in [6.07, 6.45) is 1.51. The van der Waals surface area contributed by atoms with E-state index in [2.05, 4.69) is 20.5 Å². The van der Waals surface area contributed by atoms with Gasteiger partial charge in [0.25, 0.3) is 11.6 Å². The number of aromatic nitrogens is 5. The molecule has 0 atom stereocenters. The van der Waals surface area contributed by atoms with Crippen LogP contribution >= 0.6 is 11.8 Å². The molecule has 5 aromatic rings. The van der Waals surface area contributed by atoms with E-state index < -0.39 is 10.8 Å². The number of rotatable bonds is 6. The number of aryl methyl sites for hydroxylation is 1. The van der Waals surface area contributed by atoms with Crippen molar-refractivity contribution in [1.82, 2.24) is 24.3 Å². The molecule has 5 rings (SSSR count). The van der Waals surface area contributed by atoms with Gasteiger partial charge in [0, 0.05) is 24.4 Å². The molecule has 2 aromatic heterocycles. The number of imidazole rings is 1. The number of fused-ring (bicyclic) bond motifs is 1. The van der Waals surface area contributed by atoms with Crippen LogP contribution in [0.4, 0.5) is 11.6 Å². The minimum atomic E-state index is -0.519. The maximum Gasteiger partial charge on any atom is 0.284 e. The molecule has 168 valence electrons. The smallest absolute Gasteiger partial charge is 0.284 e. The molecule has 0 spiro atoms. The molecule has 0 fully saturated rings. The molecule has 0 saturated heterocycles. The van der Waals surface area contributed by atoms with Crippen molar-refractivity contribution in [2.75, 3.05) is 5.32 Å². The Labute approximate surface area is 197 Å². The monoisotopic (exact) mass is 471 g/mol. The Kier molecular flexibility index (Phi) is 5.52. The summed E-state index contributed by atoms with van der Waals surface area (Å²) in [7, 11) is 1.74. The van der Waals surface area contributed by atoms with E-state index in [1.54, 1.807) is 11.6 Å². The maximum absolute atomic E-state index is 13.1. The van der Waals surface area contributed by atoms with Crippen molar-refractivity contribution in [3.63, 3.8) is 0 Å². The van der Waals surface area contributed by atoms with Crippen molar-refractivity contribution in [3.8, 4) is 5.69 Å². The molecule has 3 aromatic carbocycles. The van der Waals surface area contributed by atoms with E-state index >= 15 is 0 Å². The van der Waals surface area contributed by atoms with Gasteiger partial charge >= 0.3 is 0 Å². The summed E-state index contributed by atoms with van der Waals surface area (Å²) in [5.74, 6) is -0.191. The average molecular weight is 472 g/mol. The Morgan fingerprint density at radius 2 is 1.82 bits per heavy atom. The second-order valence-electron chi connectivity index (χ2n) is 7.32. The number of hydrogen-bond donors (Lipinski definition) is 1. The largest absolute Gasteiger partial charge is 0.311 e. The topological polar surface area (TPSA) is 121 Å². The third kappa shape index (κ3) is 3.99. The van der Waals surface area contributed by atoms with Crippen LogP contribution in [0.5, 0.6) is 0 Å². The Balaban J connectivity index is 1.50. The van der Waals surface area contributed by atoms with Crippen LogP contribution in [0.3, 0.4) is 0 Å². The fraction of sp³-hybridized carbons (Fsp3) is 0.0435. The first-order valence-corrected chi connectivity index (χ1v) is 11.0. The number of hydrogen-bond acceptors (Lipinski definition) is 7. The maximum atomic E-state index is 13.1. The first kappa shape index (κ1) is 21.3. The molecule has 0 bridgehead atoms. The lowest BCUT2D eigenvalue weighted by Crippen LogP contribution is -2.16. The van der Waals surface area contributed by atoms with Gasteiger partial charge in [-0.2, -0.15) is 0 Å². The van der Waals surface area contributed by atoms with E-state index in [1.165, 1.54) is 24.5 Å². The van der Waals surface area contributed by atoms with Crippen molar-refractivity contribution in [2.45, 2.75) is 10.1 Å². The number of anilines is 1. The number of amides is 1. The van der Waals surface area contributed by atoms with Gasteiger partial charge in [-0.25, -0.2) is 4.98 Å². The molecule has 0 radical (unpaired) electrons. The molecule has 1 N–H and O–H groups in total. The number of para-hydroxylation sites is 3. The van der Waals surface area contributed by atoms with Crippen molar-refractivity contribution in [2.24, 2.45) is 7.05 Å². The van der Waals surface area contributed by atoms with Crippen molar-refractivity contribution in [1.29, 1.82) is 0 Å². The van der Waals surface area contributed by atoms with Crippen LogP contribution in [0.1, 0.15) is 10.4 Å². The predicted molar refractivity (Wildman–Crippen MR) is 127 cm³/mol. The molecule has 0 aliphatic heterocycles. The van der Waals surface area contributed by atoms with Gasteiger partial charge < -0.3 is 4.57 Å². The third-order valence-corrected chi connectivity index (χ3v) is 6.21. The lowest BCUT2D eigenvalue weighted by atomic mass is 10.2. The minimum Gasteiger partial charge on any atom is -0.311 e. The van der Waals surface area contributed by atoms with Gasteiger partial charge in [-0.05, 0) is 48.2 Å². The van der Waals surface area contributed by atoms with Crippen LogP contribution in [0.2, 0.25) is 0 Å². The quantitative estimate of drug-likeness (QED) is 0.287. The summed E-state index contributed by atoms with van der Waals surface area (Å²) >= 11 is 1.10. The van der Waals surface area contributed by atoms with E-state index in [1.807, 2.05) is 59.2 Å². The Morgan fingerprint density at radius 3 is 2.56 bits per heavy atom. The predicted octanol–water partition coefficient (Wildman–Crippen LogP) is 4.47. The van der Waals surface area contributed by atoms with Gasteiger partial charge in [0.1, 0.15) is 6.33 Å². The molecule has 34 heavy (non-hydrogen) atoms. The van der Waals surface area contributed by atoms with E-state index in [9.17, 15) is 14.9 Å². The molecule has 10 nitrogen and oxygen atoms in total. The fourth-order valence-corrected chi connectivity index (χ4v) is 4.32. The SMILES string of the molecule is Cn1cnnc1Sc1ccc(C(=O)Nc2nc3ccccc3n2-c2ccccc2)cc1[N+](=O)[O-]. The highest BCUT2D eigenvalue weighted by Crippen LogP contribution is 2.34. The van der Waals surface area contributed by atoms with E-state index in [4.69, 9.17) is 0 Å². The zero-order valence-electron chi connectivity index (χ0n) is 17.8. The van der Waals surface area contributed by atoms with Crippen LogP contribution in [0.15, 0.2) is 89.2 Å². The standard InChI is InChI=1S/C23H17N7O3S/c1-28-14-24-27-23(28)34-20-12-11-15(13-19(20)30(32)33)21(31)26-22-25-17-9-5-6-10-18(17)29(22)16-7-3-2-4-8-16/h2-14H,1H3,(H,25,26,31). The van der Waals surface area contributed by atoms with Crippen LogP contribution < -0.4 is 5.32 Å². The summed E-state index contributed by atoms with van der Waals surface area (Å²) in [5.41, 5.74) is 2.30. The van der Waals surface area contributed by atoms with Crippen molar-refractivity contribution in [3.05, 3.63) is 94.8 Å². The Morgan fingerprint density at radius 1 is 1.06 bits per heavy atom. The zero-order valence-corrected chi connectivity index (χ0v) is 18.6. The Bertz CT molecular complexity index is 1530. The zero-order chi connectivity index (χ0) is 23.7. The number of benzene rings is 3. The number of nitro benzene ring substituents is 1. The van der Waals surface area contributed by atoms with Crippen molar-refractivity contribution < 1.29 is 9.72 Å². The fourth-order valence-electron chi connectivity index (χ4n) is 3.47. The van der Waals surface area contributed by atoms with Gasteiger partial charge in [-0.15, -0.1) is 10.2 Å². The van der Waals surface area contributed by atoms with Crippen molar-refractivity contribution >= 4 is 40.3 Å². The normalized spacial score (nSPS) is 11.0. The van der Waals surface area contributed by atoms with E-state index in [0.29, 0.717) is 21.5 Å². The number of carbonyl (C=O) groups excluding carboxylic acids is 1. The molecule has 0 unspecified atom stereocenters. The number of nitrogens with one attached hydrogen (secondary N) is 1. The molecule has 1 amide bonds. The van der Waals surface area contributed by atoms with Gasteiger partial charge in [-0.3, -0.25) is 24.8 Å². The highest BCUT2D eigenvalue weighted by molar-refractivity contribution is 7.99. The first-order chi connectivity index (χ1) is 16.5. The summed E-state index contributed by atoms with van der Waals surface area (Å²) in [6.45, 7) is 0. The lowest BCUT2D eigenvalue weighted by Gasteiger charge is -2.10. The van der Waals surface area contributed by atoms with Gasteiger partial charge in [0.2, 0.25) is 5.95 Å². The number of nitrogens with zero attached hydrogens (tertiary/aromatic N) is 6. The summed E-state index contributed by atoms with van der Waals surface area (Å²) in [6, 6.07) is 21.4. The Hall–Kier alpha value is -4.51. The summed E-state index contributed by atoms with van der Waals surface area (Å²) in [4.78, 5) is 29.2. The second-order valence-corrected chi connectivity index (χ2v) is 8.32. The van der Waals surface area contributed by atoms with E-state index in [-0.39, 0.29) is 11.3 Å². The van der Waals surface area contributed by atoms with Crippen LogP contribution in [0.25, 0.3) is 16.7 Å². The first-order valence-electron chi connectivity index (χ1n) is 10.2. The lowest BCUT2D eigenvalue weighted by molar-refractivity contribution is -0.387. The molecule has 0 aliphatic rings.